The molecule has 5 heterocycles. The first-order valence-corrected chi connectivity index (χ1v) is 14.3. The summed E-state index contributed by atoms with van der Waals surface area (Å²) in [6.45, 7) is 10.4. The first-order chi connectivity index (χ1) is 19.6. The fourth-order valence-electron chi connectivity index (χ4n) is 5.66. The van der Waals surface area contributed by atoms with Crippen molar-refractivity contribution in [2.24, 2.45) is 0 Å². The maximum atomic E-state index is 12.8. The van der Waals surface area contributed by atoms with Crippen LogP contribution in [0, 0.1) is 0 Å². The fraction of sp³-hybridized carbons (Fsp3) is 0.483. The molecule has 11 nitrogen and oxygen atoms in total. The number of nitrogen functional groups attached to an aromatic ring is 1. The number of piperazine rings is 1. The summed E-state index contributed by atoms with van der Waals surface area (Å²) in [6.07, 6.45) is 5.57. The van der Waals surface area contributed by atoms with E-state index in [-0.39, 0.29) is 11.9 Å². The molecule has 3 aromatic rings. The number of benzene rings is 1. The number of hydrogen-bond acceptors (Lipinski definition) is 10. The lowest BCUT2D eigenvalue weighted by molar-refractivity contribution is -0.132. The van der Waals surface area contributed by atoms with Gasteiger partial charge in [-0.05, 0) is 37.1 Å². The molecule has 0 atom stereocenters. The monoisotopic (exact) mass is 543 g/mol. The van der Waals surface area contributed by atoms with E-state index in [0.29, 0.717) is 25.6 Å². The number of hydrogen-bond donors (Lipinski definition) is 1. The van der Waals surface area contributed by atoms with Crippen LogP contribution in [0.1, 0.15) is 24.5 Å². The first-order valence-electron chi connectivity index (χ1n) is 14.3. The maximum Gasteiger partial charge on any atom is 0.228 e. The second-order valence-electron chi connectivity index (χ2n) is 10.5. The lowest BCUT2D eigenvalue weighted by Gasteiger charge is -2.34. The Balaban J connectivity index is 1.20. The van der Waals surface area contributed by atoms with E-state index in [2.05, 4.69) is 55.9 Å². The Hall–Kier alpha value is -3.83. The molecule has 2 saturated heterocycles. The highest BCUT2D eigenvalue weighted by atomic mass is 16.5. The zero-order valence-corrected chi connectivity index (χ0v) is 23.1. The summed E-state index contributed by atoms with van der Waals surface area (Å²) in [6, 6.07) is 8.54. The molecule has 3 aliphatic rings. The summed E-state index contributed by atoms with van der Waals surface area (Å²) in [5.41, 5.74) is 10.8. The van der Waals surface area contributed by atoms with Crippen molar-refractivity contribution in [2.75, 3.05) is 81.1 Å². The average molecular weight is 544 g/mol. The minimum Gasteiger partial charge on any atom is -0.378 e. The third-order valence-corrected chi connectivity index (χ3v) is 8.10. The van der Waals surface area contributed by atoms with Gasteiger partial charge in [-0.3, -0.25) is 4.79 Å². The van der Waals surface area contributed by atoms with Crippen LogP contribution < -0.4 is 15.5 Å². The average Bonchev–Trinajstić information content (AvgIpc) is 3.45. The van der Waals surface area contributed by atoms with E-state index < -0.39 is 0 Å². The number of carbonyl (C=O) groups excluding carboxylic acids is 1. The molecule has 210 valence electrons. The lowest BCUT2D eigenvalue weighted by Crippen LogP contribution is -2.48. The predicted molar refractivity (Wildman–Crippen MR) is 155 cm³/mol. The molecule has 0 radical (unpaired) electrons. The molecule has 6 rings (SSSR count). The molecule has 1 aromatic carbocycles. The number of amides is 1. The Morgan fingerprint density at radius 3 is 2.38 bits per heavy atom. The predicted octanol–water partition coefficient (Wildman–Crippen LogP) is 2.14. The second-order valence-corrected chi connectivity index (χ2v) is 10.5. The minimum atomic E-state index is 0.241. The number of anilines is 4. The van der Waals surface area contributed by atoms with Gasteiger partial charge in [0.1, 0.15) is 5.82 Å². The molecule has 3 aliphatic heterocycles. The molecule has 11 heteroatoms. The minimum absolute atomic E-state index is 0.241. The number of likely N-dealkylation sites (N-methyl/N-ethyl adjacent to an activating group) is 1. The van der Waals surface area contributed by atoms with Crippen LogP contribution in [-0.2, 0) is 22.4 Å². The number of fused-ring (bicyclic) bond motifs is 1. The van der Waals surface area contributed by atoms with E-state index in [4.69, 9.17) is 20.4 Å². The number of aryl methyl sites for hydroxylation is 1. The summed E-state index contributed by atoms with van der Waals surface area (Å²) >= 11 is 0. The molecule has 0 saturated carbocycles. The SMILES string of the molecule is CCN1CCN(C(=O)CCc2ccc(N3CCc4c(-c5cnc(N)nc5)nc(N5CCOCC5)nc43)cc2)CC1. The van der Waals surface area contributed by atoms with Crippen molar-refractivity contribution in [1.82, 2.24) is 29.7 Å². The van der Waals surface area contributed by atoms with Gasteiger partial charge in [0.15, 0.2) is 0 Å². The van der Waals surface area contributed by atoms with Crippen molar-refractivity contribution >= 4 is 29.3 Å². The largest absolute Gasteiger partial charge is 0.378 e. The third kappa shape index (κ3) is 5.57. The number of ether oxygens (including phenoxy) is 1. The Kier molecular flexibility index (Phi) is 7.74. The number of nitrogens with zero attached hydrogens (tertiary/aromatic N) is 8. The van der Waals surface area contributed by atoms with Crippen LogP contribution >= 0.6 is 0 Å². The van der Waals surface area contributed by atoms with Gasteiger partial charge < -0.3 is 30.1 Å². The van der Waals surface area contributed by atoms with Crippen LogP contribution in [0.15, 0.2) is 36.7 Å². The van der Waals surface area contributed by atoms with E-state index in [1.807, 2.05) is 4.90 Å². The zero-order valence-electron chi connectivity index (χ0n) is 23.1. The van der Waals surface area contributed by atoms with Gasteiger partial charge in [0.25, 0.3) is 0 Å². The number of morpholine rings is 1. The van der Waals surface area contributed by atoms with Gasteiger partial charge in [-0.2, -0.15) is 4.98 Å². The summed E-state index contributed by atoms with van der Waals surface area (Å²) in [4.78, 5) is 40.0. The smallest absolute Gasteiger partial charge is 0.228 e. The molecular formula is C29H37N9O2. The molecule has 0 spiro atoms. The van der Waals surface area contributed by atoms with Crippen molar-refractivity contribution in [2.45, 2.75) is 26.2 Å². The van der Waals surface area contributed by atoms with Gasteiger partial charge in [0.05, 0.1) is 18.9 Å². The van der Waals surface area contributed by atoms with Gasteiger partial charge >= 0.3 is 0 Å². The number of nitrogens with two attached hydrogens (primary N) is 1. The molecule has 2 N–H and O–H groups in total. The molecule has 0 aliphatic carbocycles. The van der Waals surface area contributed by atoms with Crippen LogP contribution in [-0.4, -0.2) is 101 Å². The first kappa shape index (κ1) is 26.4. The van der Waals surface area contributed by atoms with E-state index >= 15 is 0 Å². The molecule has 1 amide bonds. The van der Waals surface area contributed by atoms with Crippen LogP contribution in [0.3, 0.4) is 0 Å². The molecule has 2 fully saturated rings. The summed E-state index contributed by atoms with van der Waals surface area (Å²) < 4.78 is 5.55. The highest BCUT2D eigenvalue weighted by molar-refractivity contribution is 5.78. The third-order valence-electron chi connectivity index (χ3n) is 8.10. The molecular weight excluding hydrogens is 506 g/mol. The van der Waals surface area contributed by atoms with E-state index in [1.165, 1.54) is 5.56 Å². The fourth-order valence-corrected chi connectivity index (χ4v) is 5.66. The van der Waals surface area contributed by atoms with E-state index in [0.717, 1.165) is 93.5 Å². The summed E-state index contributed by atoms with van der Waals surface area (Å²) in [5.74, 6) is 2.10. The highest BCUT2D eigenvalue weighted by Gasteiger charge is 2.29. The standard InChI is InChI=1S/C29H37N9O2/c1-2-35-11-13-36(14-12-35)25(39)8-5-21-3-6-23(7-4-21)38-10-9-24-26(22-19-31-28(30)32-20-22)33-29(34-27(24)38)37-15-17-40-18-16-37/h3-4,6-7,19-20H,2,5,8-18H2,1H3,(H2,30,31,32). The van der Waals surface area contributed by atoms with Gasteiger partial charge in [-0.25, -0.2) is 15.0 Å². The Morgan fingerprint density at radius 2 is 1.68 bits per heavy atom. The lowest BCUT2D eigenvalue weighted by atomic mass is 10.1. The van der Waals surface area contributed by atoms with Crippen molar-refractivity contribution in [3.63, 3.8) is 0 Å². The van der Waals surface area contributed by atoms with Gasteiger partial charge in [-0.15, -0.1) is 0 Å². The van der Waals surface area contributed by atoms with Crippen LogP contribution in [0.5, 0.6) is 0 Å². The second kappa shape index (κ2) is 11.7. The number of rotatable bonds is 7. The molecule has 40 heavy (non-hydrogen) atoms. The summed E-state index contributed by atoms with van der Waals surface area (Å²) in [5, 5.41) is 0. The Labute approximate surface area is 235 Å². The van der Waals surface area contributed by atoms with E-state index in [1.54, 1.807) is 12.4 Å². The van der Waals surface area contributed by atoms with E-state index in [9.17, 15) is 4.79 Å². The normalized spacial score (nSPS) is 17.8. The van der Waals surface area contributed by atoms with Crippen molar-refractivity contribution in [1.29, 1.82) is 0 Å². The number of aromatic nitrogens is 4. The van der Waals surface area contributed by atoms with Crippen LogP contribution in [0.25, 0.3) is 11.3 Å². The van der Waals surface area contributed by atoms with Gasteiger partial charge in [0.2, 0.25) is 17.8 Å². The van der Waals surface area contributed by atoms with Crippen LogP contribution in [0.4, 0.5) is 23.4 Å². The quantitative estimate of drug-likeness (QED) is 0.475. The maximum absolute atomic E-state index is 12.8. The summed E-state index contributed by atoms with van der Waals surface area (Å²) in [7, 11) is 0. The van der Waals surface area contributed by atoms with Crippen molar-refractivity contribution in [3.8, 4) is 11.3 Å². The van der Waals surface area contributed by atoms with Crippen LogP contribution in [0.2, 0.25) is 0 Å². The zero-order chi connectivity index (χ0) is 27.5. The van der Waals surface area contributed by atoms with Gasteiger partial charge in [0, 0.05) is 81.4 Å². The Morgan fingerprint density at radius 1 is 0.950 bits per heavy atom. The van der Waals surface area contributed by atoms with Crippen molar-refractivity contribution in [3.05, 3.63) is 47.8 Å². The molecule has 2 aromatic heterocycles. The Bertz CT molecular complexity index is 1320. The topological polar surface area (TPSA) is 117 Å². The number of carbonyl (C=O) groups is 1. The van der Waals surface area contributed by atoms with Gasteiger partial charge in [-0.1, -0.05) is 19.1 Å². The molecule has 0 unspecified atom stereocenters. The molecule has 0 bridgehead atoms. The highest BCUT2D eigenvalue weighted by Crippen LogP contribution is 2.39. The van der Waals surface area contributed by atoms with Crippen molar-refractivity contribution < 1.29 is 9.53 Å².